The van der Waals surface area contributed by atoms with Gasteiger partial charge in [-0.2, -0.15) is 0 Å². The zero-order valence-electron chi connectivity index (χ0n) is 12.6. The second kappa shape index (κ2) is 7.08. The maximum atomic E-state index is 11.3. The lowest BCUT2D eigenvalue weighted by atomic mass is 10.0. The number of primary amides is 1. The topological polar surface area (TPSA) is 92.9 Å². The Balaban J connectivity index is 2.73. The number of nitrogens with two attached hydrogens (primary N) is 1. The molecule has 0 fully saturated rings. The van der Waals surface area contributed by atoms with E-state index in [2.05, 4.69) is 0 Å². The molecule has 1 amide bonds. The highest BCUT2D eigenvalue weighted by Gasteiger charge is 2.33. The summed E-state index contributed by atoms with van der Waals surface area (Å²) in [7, 11) is 0. The van der Waals surface area contributed by atoms with Gasteiger partial charge in [0.25, 0.3) is 5.91 Å². The molecule has 0 aromatic heterocycles. The number of ether oxygens (including phenoxy) is 1. The van der Waals surface area contributed by atoms with E-state index in [1.54, 1.807) is 26.0 Å². The molecule has 0 heterocycles. The van der Waals surface area contributed by atoms with Crippen LogP contribution >= 0.6 is 0 Å². The molecule has 1 rings (SSSR count). The van der Waals surface area contributed by atoms with Crippen LogP contribution in [-0.4, -0.2) is 40.6 Å². The molecule has 0 aliphatic carbocycles. The number of aliphatic carboxylic acids is 1. The van der Waals surface area contributed by atoms with Gasteiger partial charge >= 0.3 is 5.97 Å². The number of hydrogen-bond acceptors (Lipinski definition) is 4. The van der Waals surface area contributed by atoms with Crippen LogP contribution in [0.5, 0.6) is 5.75 Å². The minimum atomic E-state index is -0.935. The summed E-state index contributed by atoms with van der Waals surface area (Å²) in [5, 5.41) is 9.28. The number of benzene rings is 1. The Morgan fingerprint density at radius 2 is 1.86 bits per heavy atom. The second-order valence-corrected chi connectivity index (χ2v) is 5.28. The Labute approximate surface area is 124 Å². The maximum absolute atomic E-state index is 11.3. The largest absolute Gasteiger partial charge is 0.484 e. The van der Waals surface area contributed by atoms with E-state index in [1.165, 1.54) is 0 Å². The summed E-state index contributed by atoms with van der Waals surface area (Å²) < 4.78 is 5.18. The number of likely N-dealkylation sites (N-methyl/N-ethyl adjacent to an activating group) is 1. The van der Waals surface area contributed by atoms with Gasteiger partial charge in [0.05, 0.1) is 0 Å². The molecule has 0 spiro atoms. The number of carbonyl (C=O) groups excluding carboxylic acids is 1. The van der Waals surface area contributed by atoms with Gasteiger partial charge < -0.3 is 15.6 Å². The van der Waals surface area contributed by atoms with E-state index in [0.717, 1.165) is 5.56 Å². The summed E-state index contributed by atoms with van der Waals surface area (Å²) in [4.78, 5) is 23.8. The quantitative estimate of drug-likeness (QED) is 0.752. The SMILES string of the molecule is CCN(Cc1ccc(OCC(N)=O)cc1)C(C)(C)C(=O)O. The van der Waals surface area contributed by atoms with Crippen LogP contribution < -0.4 is 10.5 Å². The van der Waals surface area contributed by atoms with E-state index in [1.807, 2.05) is 24.0 Å². The molecule has 0 aliphatic heterocycles. The van der Waals surface area contributed by atoms with Gasteiger partial charge in [-0.15, -0.1) is 0 Å². The molecule has 0 saturated carbocycles. The Hall–Kier alpha value is -2.08. The Bertz CT molecular complexity index is 497. The van der Waals surface area contributed by atoms with Gasteiger partial charge in [0, 0.05) is 6.54 Å². The van der Waals surface area contributed by atoms with Gasteiger partial charge in [0.1, 0.15) is 11.3 Å². The van der Waals surface area contributed by atoms with Crippen LogP contribution in [0.1, 0.15) is 26.3 Å². The van der Waals surface area contributed by atoms with Crippen molar-refractivity contribution in [1.29, 1.82) is 0 Å². The summed E-state index contributed by atoms with van der Waals surface area (Å²) in [6, 6.07) is 7.16. The third kappa shape index (κ3) is 4.75. The van der Waals surface area contributed by atoms with Gasteiger partial charge in [-0.3, -0.25) is 14.5 Å². The maximum Gasteiger partial charge on any atom is 0.323 e. The zero-order valence-corrected chi connectivity index (χ0v) is 12.6. The van der Waals surface area contributed by atoms with Crippen molar-refractivity contribution in [2.75, 3.05) is 13.2 Å². The molecule has 1 aromatic carbocycles. The van der Waals surface area contributed by atoms with E-state index in [4.69, 9.17) is 10.5 Å². The third-order valence-corrected chi connectivity index (χ3v) is 3.37. The second-order valence-electron chi connectivity index (χ2n) is 5.28. The third-order valence-electron chi connectivity index (χ3n) is 3.37. The molecular formula is C15H22N2O4. The van der Waals surface area contributed by atoms with Crippen LogP contribution in [0.25, 0.3) is 0 Å². The minimum absolute atomic E-state index is 0.160. The molecule has 6 heteroatoms. The first-order chi connectivity index (χ1) is 9.77. The van der Waals surface area contributed by atoms with Crippen molar-refractivity contribution >= 4 is 11.9 Å². The monoisotopic (exact) mass is 294 g/mol. The van der Waals surface area contributed by atoms with Crippen LogP contribution in [-0.2, 0) is 16.1 Å². The lowest BCUT2D eigenvalue weighted by Crippen LogP contribution is -2.49. The summed E-state index contributed by atoms with van der Waals surface area (Å²) >= 11 is 0. The molecule has 116 valence electrons. The summed E-state index contributed by atoms with van der Waals surface area (Å²) in [5.74, 6) is -0.830. The number of amides is 1. The van der Waals surface area contributed by atoms with Crippen molar-refractivity contribution in [3.63, 3.8) is 0 Å². The summed E-state index contributed by atoms with van der Waals surface area (Å²) in [5.41, 5.74) is 5.04. The lowest BCUT2D eigenvalue weighted by Gasteiger charge is -2.34. The molecule has 0 saturated heterocycles. The molecule has 0 bridgehead atoms. The van der Waals surface area contributed by atoms with Crippen LogP contribution in [0.4, 0.5) is 0 Å². The van der Waals surface area contributed by atoms with Crippen molar-refractivity contribution < 1.29 is 19.4 Å². The minimum Gasteiger partial charge on any atom is -0.484 e. The van der Waals surface area contributed by atoms with Gasteiger partial charge in [-0.05, 0) is 38.1 Å². The molecule has 21 heavy (non-hydrogen) atoms. The predicted molar refractivity (Wildman–Crippen MR) is 78.9 cm³/mol. The molecule has 0 atom stereocenters. The first-order valence-corrected chi connectivity index (χ1v) is 6.75. The van der Waals surface area contributed by atoms with Gasteiger partial charge in [-0.1, -0.05) is 19.1 Å². The van der Waals surface area contributed by atoms with Crippen molar-refractivity contribution in [2.24, 2.45) is 5.73 Å². The number of carboxylic acids is 1. The van der Waals surface area contributed by atoms with Crippen LogP contribution in [0.3, 0.4) is 0 Å². The highest BCUT2D eigenvalue weighted by molar-refractivity contribution is 5.77. The van der Waals surface area contributed by atoms with Crippen LogP contribution in [0.15, 0.2) is 24.3 Å². The van der Waals surface area contributed by atoms with Crippen molar-refractivity contribution in [3.8, 4) is 5.75 Å². The van der Waals surface area contributed by atoms with Crippen molar-refractivity contribution in [3.05, 3.63) is 29.8 Å². The average Bonchev–Trinajstić information content (AvgIpc) is 2.43. The van der Waals surface area contributed by atoms with Crippen molar-refractivity contribution in [1.82, 2.24) is 4.90 Å². The molecule has 0 unspecified atom stereocenters. The average molecular weight is 294 g/mol. The Kier molecular flexibility index (Phi) is 5.72. The molecule has 0 radical (unpaired) electrons. The molecule has 1 aromatic rings. The normalized spacial score (nSPS) is 11.4. The Morgan fingerprint density at radius 1 is 1.29 bits per heavy atom. The van der Waals surface area contributed by atoms with Crippen LogP contribution in [0.2, 0.25) is 0 Å². The number of carbonyl (C=O) groups is 2. The van der Waals surface area contributed by atoms with E-state index in [0.29, 0.717) is 18.8 Å². The van der Waals surface area contributed by atoms with E-state index < -0.39 is 17.4 Å². The summed E-state index contributed by atoms with van der Waals surface area (Å²) in [6.45, 7) is 6.28. The zero-order chi connectivity index (χ0) is 16.0. The smallest absolute Gasteiger partial charge is 0.323 e. The highest BCUT2D eigenvalue weighted by Crippen LogP contribution is 2.20. The highest BCUT2D eigenvalue weighted by atomic mass is 16.5. The fraction of sp³-hybridized carbons (Fsp3) is 0.467. The van der Waals surface area contributed by atoms with Gasteiger partial charge in [0.15, 0.2) is 6.61 Å². The lowest BCUT2D eigenvalue weighted by molar-refractivity contribution is -0.149. The number of carboxylic acid groups (broad SMARTS) is 1. The first-order valence-electron chi connectivity index (χ1n) is 6.75. The van der Waals surface area contributed by atoms with Gasteiger partial charge in [-0.25, -0.2) is 0 Å². The van der Waals surface area contributed by atoms with E-state index >= 15 is 0 Å². The summed E-state index contributed by atoms with van der Waals surface area (Å²) in [6.07, 6.45) is 0. The Morgan fingerprint density at radius 3 is 2.29 bits per heavy atom. The predicted octanol–water partition coefficient (Wildman–Crippen LogP) is 1.24. The molecule has 6 nitrogen and oxygen atoms in total. The fourth-order valence-corrected chi connectivity index (χ4v) is 1.91. The number of nitrogens with zero attached hydrogens (tertiary/aromatic N) is 1. The van der Waals surface area contributed by atoms with E-state index in [9.17, 15) is 14.7 Å². The number of hydrogen-bond donors (Lipinski definition) is 2. The van der Waals surface area contributed by atoms with Crippen molar-refractivity contribution in [2.45, 2.75) is 32.9 Å². The molecule has 0 aliphatic rings. The molecule has 3 N–H and O–H groups in total. The first kappa shape index (κ1) is 17.0. The van der Waals surface area contributed by atoms with E-state index in [-0.39, 0.29) is 6.61 Å². The molecular weight excluding hydrogens is 272 g/mol. The van der Waals surface area contributed by atoms with Gasteiger partial charge in [0.2, 0.25) is 0 Å². The fourth-order valence-electron chi connectivity index (χ4n) is 1.91. The standard InChI is InChI=1S/C15H22N2O4/c1-4-17(15(2,3)14(19)20)9-11-5-7-12(8-6-11)21-10-13(16)18/h5-8H,4,9-10H2,1-3H3,(H2,16,18)(H,19,20). The van der Waals surface area contributed by atoms with Crippen LogP contribution in [0, 0.1) is 0 Å². The number of rotatable bonds is 8.